The number of benzene rings is 2. The predicted octanol–water partition coefficient (Wildman–Crippen LogP) is 3.50. The van der Waals surface area contributed by atoms with Crippen molar-refractivity contribution in [1.29, 1.82) is 0 Å². The van der Waals surface area contributed by atoms with Gasteiger partial charge in [-0.1, -0.05) is 42.5 Å². The molecule has 98 valence electrons. The molecule has 1 aliphatic heterocycles. The Morgan fingerprint density at radius 2 is 1.63 bits per heavy atom. The van der Waals surface area contributed by atoms with E-state index >= 15 is 0 Å². The maximum Gasteiger partial charge on any atom is 0.0642 e. The molecular formula is C17H19NO. The van der Waals surface area contributed by atoms with Crippen molar-refractivity contribution in [2.75, 3.05) is 31.2 Å². The fraction of sp³-hybridized carbons (Fsp3) is 0.294. The molecule has 0 saturated carbocycles. The zero-order valence-corrected chi connectivity index (χ0v) is 11.3. The first-order valence-corrected chi connectivity index (χ1v) is 6.83. The Hall–Kier alpha value is -1.80. The topological polar surface area (TPSA) is 12.5 Å². The van der Waals surface area contributed by atoms with Gasteiger partial charge in [-0.2, -0.15) is 0 Å². The normalized spacial score (nSPS) is 15.5. The summed E-state index contributed by atoms with van der Waals surface area (Å²) in [6, 6.07) is 17.3. The van der Waals surface area contributed by atoms with Crippen LogP contribution in [0.15, 0.2) is 48.5 Å². The summed E-state index contributed by atoms with van der Waals surface area (Å²) >= 11 is 0. The van der Waals surface area contributed by atoms with E-state index in [-0.39, 0.29) is 0 Å². The highest BCUT2D eigenvalue weighted by atomic mass is 16.5. The third kappa shape index (κ3) is 2.64. The van der Waals surface area contributed by atoms with Crippen LogP contribution in [0.4, 0.5) is 5.69 Å². The minimum absolute atomic E-state index is 0.828. The van der Waals surface area contributed by atoms with Crippen molar-refractivity contribution in [2.24, 2.45) is 0 Å². The van der Waals surface area contributed by atoms with E-state index in [2.05, 4.69) is 60.4 Å². The molecule has 2 nitrogen and oxygen atoms in total. The molecule has 2 aromatic carbocycles. The molecule has 0 atom stereocenters. The molecule has 0 radical (unpaired) electrons. The van der Waals surface area contributed by atoms with Crippen LogP contribution >= 0.6 is 0 Å². The Morgan fingerprint density at radius 3 is 2.37 bits per heavy atom. The highest BCUT2D eigenvalue weighted by molar-refractivity contribution is 5.70. The second kappa shape index (κ2) is 5.45. The third-order valence-corrected chi connectivity index (χ3v) is 3.67. The van der Waals surface area contributed by atoms with Crippen LogP contribution in [-0.4, -0.2) is 26.3 Å². The first kappa shape index (κ1) is 12.2. The van der Waals surface area contributed by atoms with E-state index < -0.39 is 0 Å². The number of anilines is 1. The van der Waals surface area contributed by atoms with Crippen molar-refractivity contribution in [3.63, 3.8) is 0 Å². The Labute approximate surface area is 114 Å². The number of aryl methyl sites for hydroxylation is 1. The van der Waals surface area contributed by atoms with Gasteiger partial charge in [0, 0.05) is 18.8 Å². The molecule has 1 saturated heterocycles. The third-order valence-electron chi connectivity index (χ3n) is 3.67. The molecule has 1 aliphatic rings. The predicted molar refractivity (Wildman–Crippen MR) is 79.6 cm³/mol. The second-order valence-electron chi connectivity index (χ2n) is 4.97. The van der Waals surface area contributed by atoms with E-state index in [1.165, 1.54) is 22.4 Å². The van der Waals surface area contributed by atoms with Gasteiger partial charge < -0.3 is 9.64 Å². The summed E-state index contributed by atoms with van der Waals surface area (Å²) in [5, 5.41) is 0. The minimum atomic E-state index is 0.828. The molecule has 0 aliphatic carbocycles. The lowest BCUT2D eigenvalue weighted by molar-refractivity contribution is 0.122. The van der Waals surface area contributed by atoms with Crippen molar-refractivity contribution < 1.29 is 4.74 Å². The Balaban J connectivity index is 1.96. The van der Waals surface area contributed by atoms with Crippen LogP contribution in [0.2, 0.25) is 0 Å². The van der Waals surface area contributed by atoms with Crippen LogP contribution in [-0.2, 0) is 4.74 Å². The summed E-state index contributed by atoms with van der Waals surface area (Å²) < 4.78 is 5.43. The Morgan fingerprint density at radius 1 is 0.895 bits per heavy atom. The smallest absolute Gasteiger partial charge is 0.0642 e. The van der Waals surface area contributed by atoms with E-state index in [0.29, 0.717) is 0 Å². The number of hydrogen-bond acceptors (Lipinski definition) is 2. The fourth-order valence-electron chi connectivity index (χ4n) is 2.56. The molecular weight excluding hydrogens is 234 g/mol. The summed E-state index contributed by atoms with van der Waals surface area (Å²) in [7, 11) is 0. The Kier molecular flexibility index (Phi) is 3.51. The summed E-state index contributed by atoms with van der Waals surface area (Å²) in [6.45, 7) is 5.81. The summed E-state index contributed by atoms with van der Waals surface area (Å²) in [5.41, 5.74) is 5.23. The van der Waals surface area contributed by atoms with Gasteiger partial charge in [-0.3, -0.25) is 0 Å². The molecule has 1 fully saturated rings. The van der Waals surface area contributed by atoms with Gasteiger partial charge in [-0.05, 0) is 29.7 Å². The summed E-state index contributed by atoms with van der Waals surface area (Å²) in [5.74, 6) is 0. The summed E-state index contributed by atoms with van der Waals surface area (Å²) in [4.78, 5) is 2.42. The van der Waals surface area contributed by atoms with Crippen LogP contribution in [0.5, 0.6) is 0 Å². The number of hydrogen-bond donors (Lipinski definition) is 0. The second-order valence-corrected chi connectivity index (χ2v) is 4.97. The maximum atomic E-state index is 5.43. The standard InChI is InChI=1S/C17H19NO/c1-14-7-8-16(15-5-3-2-4-6-15)13-17(14)18-9-11-19-12-10-18/h2-8,13H,9-12H2,1H3. The largest absolute Gasteiger partial charge is 0.378 e. The van der Waals surface area contributed by atoms with Crippen LogP contribution in [0, 0.1) is 6.92 Å². The van der Waals surface area contributed by atoms with E-state index in [4.69, 9.17) is 4.74 Å². The number of morpholine rings is 1. The lowest BCUT2D eigenvalue weighted by Gasteiger charge is -2.30. The van der Waals surface area contributed by atoms with Crippen LogP contribution in [0.3, 0.4) is 0 Å². The molecule has 0 amide bonds. The lowest BCUT2D eigenvalue weighted by atomic mass is 10.0. The van der Waals surface area contributed by atoms with Crippen molar-refractivity contribution >= 4 is 5.69 Å². The van der Waals surface area contributed by atoms with Crippen molar-refractivity contribution in [2.45, 2.75) is 6.92 Å². The quantitative estimate of drug-likeness (QED) is 0.812. The first-order chi connectivity index (χ1) is 9.34. The average Bonchev–Trinajstić information content (AvgIpc) is 2.49. The molecule has 0 N–H and O–H groups in total. The maximum absolute atomic E-state index is 5.43. The fourth-order valence-corrected chi connectivity index (χ4v) is 2.56. The van der Waals surface area contributed by atoms with Crippen molar-refractivity contribution in [1.82, 2.24) is 0 Å². The lowest BCUT2D eigenvalue weighted by Crippen LogP contribution is -2.36. The van der Waals surface area contributed by atoms with Crippen molar-refractivity contribution in [3.8, 4) is 11.1 Å². The average molecular weight is 253 g/mol. The molecule has 2 aromatic rings. The van der Waals surface area contributed by atoms with Gasteiger partial charge in [0.1, 0.15) is 0 Å². The molecule has 0 bridgehead atoms. The van der Waals surface area contributed by atoms with E-state index in [0.717, 1.165) is 26.3 Å². The van der Waals surface area contributed by atoms with Crippen LogP contribution in [0.1, 0.15) is 5.56 Å². The molecule has 0 spiro atoms. The van der Waals surface area contributed by atoms with Gasteiger partial charge in [-0.15, -0.1) is 0 Å². The zero-order valence-electron chi connectivity index (χ0n) is 11.3. The van der Waals surface area contributed by atoms with Gasteiger partial charge in [-0.25, -0.2) is 0 Å². The highest BCUT2D eigenvalue weighted by Gasteiger charge is 2.13. The number of nitrogens with zero attached hydrogens (tertiary/aromatic N) is 1. The van der Waals surface area contributed by atoms with Crippen LogP contribution in [0.25, 0.3) is 11.1 Å². The molecule has 0 unspecified atom stereocenters. The molecule has 2 heteroatoms. The number of ether oxygens (including phenoxy) is 1. The van der Waals surface area contributed by atoms with Gasteiger partial charge in [0.05, 0.1) is 13.2 Å². The van der Waals surface area contributed by atoms with E-state index in [1.54, 1.807) is 0 Å². The summed E-state index contributed by atoms with van der Waals surface area (Å²) in [6.07, 6.45) is 0. The van der Waals surface area contributed by atoms with Gasteiger partial charge >= 0.3 is 0 Å². The van der Waals surface area contributed by atoms with Crippen LogP contribution < -0.4 is 4.90 Å². The molecule has 3 rings (SSSR count). The Bertz CT molecular complexity index is 544. The van der Waals surface area contributed by atoms with Gasteiger partial charge in [0.25, 0.3) is 0 Å². The minimum Gasteiger partial charge on any atom is -0.378 e. The van der Waals surface area contributed by atoms with E-state index in [9.17, 15) is 0 Å². The van der Waals surface area contributed by atoms with Crippen molar-refractivity contribution in [3.05, 3.63) is 54.1 Å². The van der Waals surface area contributed by atoms with Gasteiger partial charge in [0.2, 0.25) is 0 Å². The molecule has 19 heavy (non-hydrogen) atoms. The molecule has 0 aromatic heterocycles. The highest BCUT2D eigenvalue weighted by Crippen LogP contribution is 2.28. The zero-order chi connectivity index (χ0) is 13.1. The first-order valence-electron chi connectivity index (χ1n) is 6.83. The SMILES string of the molecule is Cc1ccc(-c2ccccc2)cc1N1CCOCC1. The molecule has 1 heterocycles. The number of rotatable bonds is 2. The van der Waals surface area contributed by atoms with E-state index in [1.807, 2.05) is 0 Å². The monoisotopic (exact) mass is 253 g/mol. The van der Waals surface area contributed by atoms with Gasteiger partial charge in [0.15, 0.2) is 0 Å².